The zero-order valence-corrected chi connectivity index (χ0v) is 9.97. The summed E-state index contributed by atoms with van der Waals surface area (Å²) in [7, 11) is 1.53. The molecular weight excluding hydrogens is 218 g/mol. The summed E-state index contributed by atoms with van der Waals surface area (Å²) >= 11 is 0. The largest absolute Gasteiger partial charge is 0.481 e. The van der Waals surface area contributed by atoms with Gasteiger partial charge in [-0.25, -0.2) is 0 Å². The van der Waals surface area contributed by atoms with Gasteiger partial charge in [-0.15, -0.1) is 0 Å². The molecule has 0 aliphatic carbocycles. The lowest BCUT2D eigenvalue weighted by Crippen LogP contribution is -2.24. The summed E-state index contributed by atoms with van der Waals surface area (Å²) < 4.78 is 6.28. The molecule has 0 saturated heterocycles. The van der Waals surface area contributed by atoms with E-state index < -0.39 is 0 Å². The maximum atomic E-state index is 12.0. The normalized spacial score (nSPS) is 10.3. The molecule has 2 aromatic heterocycles. The van der Waals surface area contributed by atoms with Gasteiger partial charge in [-0.1, -0.05) is 6.07 Å². The van der Waals surface area contributed by atoms with Crippen LogP contribution in [0.3, 0.4) is 0 Å². The number of hydrogen-bond acceptors (Lipinski definition) is 4. The predicted octanol–water partition coefficient (Wildman–Crippen LogP) is 1.25. The molecule has 17 heavy (non-hydrogen) atoms. The van der Waals surface area contributed by atoms with Crippen LogP contribution in [0.1, 0.15) is 11.1 Å². The summed E-state index contributed by atoms with van der Waals surface area (Å²) in [6.45, 7) is 3.63. The highest BCUT2D eigenvalue weighted by Gasteiger charge is 2.07. The van der Waals surface area contributed by atoms with Crippen molar-refractivity contribution in [1.82, 2.24) is 14.8 Å². The van der Waals surface area contributed by atoms with Gasteiger partial charge in [-0.05, 0) is 25.5 Å². The molecule has 0 radical (unpaired) electrons. The molecule has 0 N–H and O–H groups in total. The van der Waals surface area contributed by atoms with Crippen LogP contribution in [-0.4, -0.2) is 21.9 Å². The topological polar surface area (TPSA) is 57.0 Å². The first-order valence-electron chi connectivity index (χ1n) is 5.20. The number of rotatable bonds is 2. The number of pyridine rings is 1. The van der Waals surface area contributed by atoms with Crippen LogP contribution in [0.25, 0.3) is 5.82 Å². The van der Waals surface area contributed by atoms with Crippen LogP contribution in [-0.2, 0) is 0 Å². The van der Waals surface area contributed by atoms with Gasteiger partial charge in [0, 0.05) is 11.6 Å². The van der Waals surface area contributed by atoms with Gasteiger partial charge in [-0.2, -0.15) is 14.8 Å². The first-order valence-corrected chi connectivity index (χ1v) is 5.20. The third-order valence-electron chi connectivity index (χ3n) is 2.61. The highest BCUT2D eigenvalue weighted by atomic mass is 16.5. The predicted molar refractivity (Wildman–Crippen MR) is 63.7 cm³/mol. The fourth-order valence-electron chi connectivity index (χ4n) is 1.42. The molecule has 0 amide bonds. The van der Waals surface area contributed by atoms with Crippen molar-refractivity contribution in [2.75, 3.05) is 7.11 Å². The molecule has 0 aliphatic heterocycles. The molecule has 0 saturated carbocycles. The smallest absolute Gasteiger partial charge is 0.276 e. The van der Waals surface area contributed by atoms with Crippen LogP contribution >= 0.6 is 0 Å². The zero-order valence-electron chi connectivity index (χ0n) is 9.97. The molecule has 5 nitrogen and oxygen atoms in total. The molecule has 5 heteroatoms. The summed E-state index contributed by atoms with van der Waals surface area (Å²) in [6, 6.07) is 5.20. The lowest BCUT2D eigenvalue weighted by Gasteiger charge is -2.07. The van der Waals surface area contributed by atoms with Crippen LogP contribution in [0.4, 0.5) is 0 Å². The fourth-order valence-corrected chi connectivity index (χ4v) is 1.42. The van der Waals surface area contributed by atoms with Crippen molar-refractivity contribution in [2.45, 2.75) is 13.8 Å². The lowest BCUT2D eigenvalue weighted by molar-refractivity contribution is 0.397. The van der Waals surface area contributed by atoms with E-state index in [2.05, 4.69) is 10.1 Å². The molecule has 0 aliphatic rings. The number of ether oxygens (including phenoxy) is 1. The fraction of sp³-hybridized carbons (Fsp3) is 0.250. The standard InChI is InChI=1S/C12H13N3O2/c1-8-7-13-15(12(16)9(8)2)10-5-4-6-11(14-10)17-3/h4-7H,1-3H3. The first kappa shape index (κ1) is 11.3. The summed E-state index contributed by atoms with van der Waals surface area (Å²) in [5, 5.41) is 4.07. The molecule has 0 aromatic carbocycles. The van der Waals surface area contributed by atoms with Gasteiger partial charge < -0.3 is 4.74 Å². The number of aromatic nitrogens is 3. The summed E-state index contributed by atoms with van der Waals surface area (Å²) in [5.41, 5.74) is 1.38. The van der Waals surface area contributed by atoms with Gasteiger partial charge in [0.25, 0.3) is 5.56 Å². The van der Waals surface area contributed by atoms with Crippen LogP contribution in [0.5, 0.6) is 5.88 Å². The Morgan fingerprint density at radius 2 is 2.06 bits per heavy atom. The van der Waals surface area contributed by atoms with Gasteiger partial charge in [0.2, 0.25) is 5.88 Å². The Kier molecular flexibility index (Phi) is 2.91. The highest BCUT2D eigenvalue weighted by Crippen LogP contribution is 2.09. The molecule has 0 atom stereocenters. The highest BCUT2D eigenvalue weighted by molar-refractivity contribution is 5.28. The quantitative estimate of drug-likeness (QED) is 0.780. The monoisotopic (exact) mass is 231 g/mol. The van der Waals surface area contributed by atoms with Crippen molar-refractivity contribution in [1.29, 1.82) is 0 Å². The third kappa shape index (κ3) is 2.04. The van der Waals surface area contributed by atoms with Crippen molar-refractivity contribution >= 4 is 0 Å². The van der Waals surface area contributed by atoms with Gasteiger partial charge >= 0.3 is 0 Å². The summed E-state index contributed by atoms with van der Waals surface area (Å²) in [5.74, 6) is 0.909. The first-order chi connectivity index (χ1) is 8.13. The molecule has 88 valence electrons. The van der Waals surface area contributed by atoms with Crippen molar-refractivity contribution in [3.05, 3.63) is 45.9 Å². The van der Waals surface area contributed by atoms with Crippen molar-refractivity contribution < 1.29 is 4.74 Å². The number of methoxy groups -OCH3 is 1. The Labute approximate surface area is 98.7 Å². The molecular formula is C12H13N3O2. The van der Waals surface area contributed by atoms with Gasteiger partial charge in [0.15, 0.2) is 5.82 Å². The number of nitrogens with zero attached hydrogens (tertiary/aromatic N) is 3. The average molecular weight is 231 g/mol. The van der Waals surface area contributed by atoms with Crippen molar-refractivity contribution in [3.8, 4) is 11.7 Å². The van der Waals surface area contributed by atoms with E-state index in [4.69, 9.17) is 4.74 Å². The van der Waals surface area contributed by atoms with Crippen LogP contribution < -0.4 is 10.3 Å². The van der Waals surface area contributed by atoms with Crippen molar-refractivity contribution in [3.63, 3.8) is 0 Å². The summed E-state index contributed by atoms with van der Waals surface area (Å²) in [6.07, 6.45) is 1.65. The maximum Gasteiger partial charge on any atom is 0.276 e. The molecule has 0 spiro atoms. The van der Waals surface area contributed by atoms with E-state index in [0.29, 0.717) is 17.3 Å². The SMILES string of the molecule is COc1cccc(-n2ncc(C)c(C)c2=O)n1. The van der Waals surface area contributed by atoms with Gasteiger partial charge in [-0.3, -0.25) is 4.79 Å². The van der Waals surface area contributed by atoms with Gasteiger partial charge in [0.05, 0.1) is 13.3 Å². The van der Waals surface area contributed by atoms with E-state index in [9.17, 15) is 4.79 Å². The molecule has 2 aromatic rings. The number of aryl methyl sites for hydroxylation is 1. The molecule has 0 unspecified atom stereocenters. The van der Waals surface area contributed by atoms with E-state index >= 15 is 0 Å². The lowest BCUT2D eigenvalue weighted by atomic mass is 10.2. The number of hydrogen-bond donors (Lipinski definition) is 0. The minimum absolute atomic E-state index is 0.161. The minimum atomic E-state index is -0.161. The van der Waals surface area contributed by atoms with E-state index in [0.717, 1.165) is 5.56 Å². The van der Waals surface area contributed by atoms with Crippen molar-refractivity contribution in [2.24, 2.45) is 0 Å². The third-order valence-corrected chi connectivity index (χ3v) is 2.61. The summed E-state index contributed by atoms with van der Waals surface area (Å²) in [4.78, 5) is 16.2. The Balaban J connectivity index is 2.61. The van der Waals surface area contributed by atoms with E-state index in [1.807, 2.05) is 6.92 Å². The van der Waals surface area contributed by atoms with Crippen LogP contribution in [0.15, 0.2) is 29.2 Å². The molecule has 0 fully saturated rings. The molecule has 2 rings (SSSR count). The van der Waals surface area contributed by atoms with Gasteiger partial charge in [0.1, 0.15) is 0 Å². The van der Waals surface area contributed by atoms with E-state index in [-0.39, 0.29) is 5.56 Å². The second kappa shape index (κ2) is 4.37. The average Bonchev–Trinajstić information content (AvgIpc) is 2.36. The molecule has 0 bridgehead atoms. The van der Waals surface area contributed by atoms with E-state index in [1.54, 1.807) is 31.3 Å². The second-order valence-corrected chi connectivity index (χ2v) is 3.71. The zero-order chi connectivity index (χ0) is 12.4. The van der Waals surface area contributed by atoms with E-state index in [1.165, 1.54) is 11.8 Å². The maximum absolute atomic E-state index is 12.0. The molecule has 2 heterocycles. The Morgan fingerprint density at radius 3 is 2.76 bits per heavy atom. The minimum Gasteiger partial charge on any atom is -0.481 e. The Bertz CT molecular complexity index is 605. The van der Waals surface area contributed by atoms with Crippen LogP contribution in [0, 0.1) is 13.8 Å². The second-order valence-electron chi connectivity index (χ2n) is 3.71. The Morgan fingerprint density at radius 1 is 1.29 bits per heavy atom. The Hall–Kier alpha value is -2.17. The van der Waals surface area contributed by atoms with Crippen LogP contribution in [0.2, 0.25) is 0 Å².